The number of carboxylic acids is 1. The van der Waals surface area contributed by atoms with Gasteiger partial charge < -0.3 is 9.52 Å². The Morgan fingerprint density at radius 2 is 1.81 bits per heavy atom. The van der Waals surface area contributed by atoms with Crippen molar-refractivity contribution in [2.24, 2.45) is 5.10 Å². The van der Waals surface area contributed by atoms with Crippen molar-refractivity contribution < 1.29 is 19.1 Å². The normalized spacial score (nSPS) is 15.2. The van der Waals surface area contributed by atoms with Crippen LogP contribution in [0.5, 0.6) is 0 Å². The summed E-state index contributed by atoms with van der Waals surface area (Å²) in [5.74, 6) is -0.551. The van der Waals surface area contributed by atoms with Crippen molar-refractivity contribution in [3.05, 3.63) is 96.1 Å². The third kappa shape index (κ3) is 4.84. The summed E-state index contributed by atoms with van der Waals surface area (Å²) in [6.07, 6.45) is 4.25. The van der Waals surface area contributed by atoms with Gasteiger partial charge in [0.1, 0.15) is 11.5 Å². The molecule has 2 aromatic carbocycles. The summed E-state index contributed by atoms with van der Waals surface area (Å²) in [5, 5.41) is 20.0. The van der Waals surface area contributed by atoms with Crippen LogP contribution < -0.4 is 0 Å². The van der Waals surface area contributed by atoms with Crippen LogP contribution in [0.25, 0.3) is 16.9 Å². The molecule has 36 heavy (non-hydrogen) atoms. The van der Waals surface area contributed by atoms with Crippen molar-refractivity contribution in [1.29, 1.82) is 0 Å². The second-order valence-electron chi connectivity index (χ2n) is 8.81. The Bertz CT molecular complexity index is 1390. The second kappa shape index (κ2) is 10.0. The van der Waals surface area contributed by atoms with E-state index in [-0.39, 0.29) is 25.2 Å². The van der Waals surface area contributed by atoms with Crippen LogP contribution in [0, 0.1) is 6.92 Å². The quantitative estimate of drug-likeness (QED) is 0.364. The van der Waals surface area contributed by atoms with Crippen LogP contribution in [0.2, 0.25) is 0 Å². The van der Waals surface area contributed by atoms with E-state index in [1.165, 1.54) is 5.01 Å². The van der Waals surface area contributed by atoms with Crippen molar-refractivity contribution in [1.82, 2.24) is 14.8 Å². The Labute approximate surface area is 208 Å². The fourth-order valence-electron chi connectivity index (χ4n) is 4.36. The van der Waals surface area contributed by atoms with Gasteiger partial charge in [-0.2, -0.15) is 10.2 Å². The first-order valence-corrected chi connectivity index (χ1v) is 11.9. The lowest BCUT2D eigenvalue weighted by Crippen LogP contribution is -2.27. The standard InChI is InChI=1S/C28H26N4O4/c1-19-12-14-20(15-13-19)28-22(18-31(30-28)21-7-3-2-4-8-21)24-17-23(25-9-6-16-36-25)29-32(24)26(33)10-5-11-27(34)35/h2-4,6-9,12-16,18,24H,5,10-11,17H2,1H3,(H,34,35). The van der Waals surface area contributed by atoms with E-state index in [0.29, 0.717) is 17.9 Å². The fourth-order valence-corrected chi connectivity index (χ4v) is 4.36. The number of hydrazone groups is 1. The number of para-hydroxylation sites is 1. The van der Waals surface area contributed by atoms with Gasteiger partial charge in [-0.1, -0.05) is 48.0 Å². The average molecular weight is 483 g/mol. The summed E-state index contributed by atoms with van der Waals surface area (Å²) in [6.45, 7) is 2.03. The molecule has 0 saturated carbocycles. The predicted octanol–water partition coefficient (Wildman–Crippen LogP) is 5.37. The zero-order chi connectivity index (χ0) is 25.1. The number of carbonyl (C=O) groups is 2. The number of rotatable bonds is 8. The summed E-state index contributed by atoms with van der Waals surface area (Å²) in [6, 6.07) is 21.1. The van der Waals surface area contributed by atoms with Gasteiger partial charge in [0.05, 0.1) is 23.7 Å². The Morgan fingerprint density at radius 1 is 1.03 bits per heavy atom. The molecular formula is C28H26N4O4. The van der Waals surface area contributed by atoms with E-state index in [0.717, 1.165) is 28.1 Å². The number of carboxylic acid groups (broad SMARTS) is 1. The van der Waals surface area contributed by atoms with E-state index in [4.69, 9.17) is 14.6 Å². The molecule has 182 valence electrons. The number of aromatic nitrogens is 2. The number of aryl methyl sites for hydroxylation is 1. The Hall–Kier alpha value is -4.46. The molecule has 4 aromatic rings. The summed E-state index contributed by atoms with van der Waals surface area (Å²) >= 11 is 0. The molecule has 2 aromatic heterocycles. The number of furan rings is 1. The lowest BCUT2D eigenvalue weighted by Gasteiger charge is -2.22. The first kappa shape index (κ1) is 23.3. The predicted molar refractivity (Wildman–Crippen MR) is 135 cm³/mol. The number of benzene rings is 2. The molecule has 0 aliphatic carbocycles. The van der Waals surface area contributed by atoms with E-state index in [2.05, 4.69) is 5.10 Å². The van der Waals surface area contributed by atoms with E-state index >= 15 is 0 Å². The van der Waals surface area contributed by atoms with Gasteiger partial charge in [-0.15, -0.1) is 0 Å². The Kier molecular flexibility index (Phi) is 6.49. The van der Waals surface area contributed by atoms with Crippen molar-refractivity contribution in [3.63, 3.8) is 0 Å². The smallest absolute Gasteiger partial charge is 0.303 e. The van der Waals surface area contributed by atoms with E-state index in [1.54, 1.807) is 12.3 Å². The first-order valence-electron chi connectivity index (χ1n) is 11.9. The lowest BCUT2D eigenvalue weighted by atomic mass is 9.97. The van der Waals surface area contributed by atoms with Crippen molar-refractivity contribution >= 4 is 17.6 Å². The van der Waals surface area contributed by atoms with E-state index < -0.39 is 12.0 Å². The molecule has 1 unspecified atom stereocenters. The fraction of sp³-hybridized carbons (Fsp3) is 0.214. The lowest BCUT2D eigenvalue weighted by molar-refractivity contribution is -0.137. The number of carbonyl (C=O) groups excluding carboxylic acids is 1. The van der Waals surface area contributed by atoms with Gasteiger partial charge in [0.15, 0.2) is 0 Å². The van der Waals surface area contributed by atoms with Gasteiger partial charge in [-0.3, -0.25) is 9.59 Å². The van der Waals surface area contributed by atoms with Gasteiger partial charge in [-0.05, 0) is 37.6 Å². The Morgan fingerprint density at radius 3 is 2.50 bits per heavy atom. The van der Waals surface area contributed by atoms with Crippen molar-refractivity contribution in [2.45, 2.75) is 38.6 Å². The minimum Gasteiger partial charge on any atom is -0.481 e. The third-order valence-electron chi connectivity index (χ3n) is 6.20. The maximum absolute atomic E-state index is 13.3. The Balaban J connectivity index is 1.56. The van der Waals surface area contributed by atoms with Crippen LogP contribution in [-0.4, -0.2) is 37.5 Å². The zero-order valence-electron chi connectivity index (χ0n) is 19.9. The van der Waals surface area contributed by atoms with Gasteiger partial charge >= 0.3 is 5.97 Å². The molecule has 0 bridgehead atoms. The third-order valence-corrected chi connectivity index (χ3v) is 6.20. The van der Waals surface area contributed by atoms with Gasteiger partial charge in [0.25, 0.3) is 0 Å². The molecule has 1 atom stereocenters. The maximum Gasteiger partial charge on any atom is 0.303 e. The highest BCUT2D eigenvalue weighted by atomic mass is 16.4. The molecule has 1 aliphatic heterocycles. The molecule has 0 spiro atoms. The highest BCUT2D eigenvalue weighted by molar-refractivity contribution is 6.01. The minimum absolute atomic E-state index is 0.0699. The van der Waals surface area contributed by atoms with Gasteiger partial charge in [0, 0.05) is 36.6 Å². The van der Waals surface area contributed by atoms with E-state index in [1.807, 2.05) is 78.5 Å². The topological polar surface area (TPSA) is 101 Å². The summed E-state index contributed by atoms with van der Waals surface area (Å²) < 4.78 is 7.40. The minimum atomic E-state index is -0.925. The summed E-state index contributed by atoms with van der Waals surface area (Å²) in [7, 11) is 0. The molecule has 1 aliphatic rings. The van der Waals surface area contributed by atoms with Crippen LogP contribution in [0.15, 0.2) is 88.7 Å². The summed E-state index contributed by atoms with van der Waals surface area (Å²) in [5.41, 5.74) is 5.28. The number of aliphatic carboxylic acids is 1. The molecule has 8 heteroatoms. The zero-order valence-corrected chi connectivity index (χ0v) is 19.9. The van der Waals surface area contributed by atoms with Crippen LogP contribution in [0.4, 0.5) is 0 Å². The van der Waals surface area contributed by atoms with Crippen LogP contribution in [-0.2, 0) is 9.59 Å². The molecular weight excluding hydrogens is 456 g/mol. The molecule has 0 fully saturated rings. The maximum atomic E-state index is 13.3. The molecule has 0 radical (unpaired) electrons. The van der Waals surface area contributed by atoms with Crippen LogP contribution in [0.3, 0.4) is 0 Å². The van der Waals surface area contributed by atoms with E-state index in [9.17, 15) is 9.59 Å². The molecule has 3 heterocycles. The monoisotopic (exact) mass is 482 g/mol. The second-order valence-corrected chi connectivity index (χ2v) is 8.81. The van der Waals surface area contributed by atoms with Crippen molar-refractivity contribution in [2.75, 3.05) is 0 Å². The highest BCUT2D eigenvalue weighted by Crippen LogP contribution is 2.39. The van der Waals surface area contributed by atoms with Gasteiger partial charge in [-0.25, -0.2) is 9.69 Å². The molecule has 1 N–H and O–H groups in total. The number of hydrogen-bond acceptors (Lipinski definition) is 5. The molecule has 0 saturated heterocycles. The highest BCUT2D eigenvalue weighted by Gasteiger charge is 2.36. The molecule has 5 rings (SSSR count). The summed E-state index contributed by atoms with van der Waals surface area (Å²) in [4.78, 5) is 24.2. The molecule has 8 nitrogen and oxygen atoms in total. The molecule has 1 amide bonds. The SMILES string of the molecule is Cc1ccc(-c2nn(-c3ccccc3)cc2C2CC(c3ccco3)=NN2C(=O)CCCC(=O)O)cc1. The number of nitrogens with zero attached hydrogens (tertiary/aromatic N) is 4. The average Bonchev–Trinajstić information content (AvgIpc) is 3.64. The van der Waals surface area contributed by atoms with Crippen LogP contribution >= 0.6 is 0 Å². The number of hydrogen-bond donors (Lipinski definition) is 1. The largest absolute Gasteiger partial charge is 0.481 e. The number of amides is 1. The van der Waals surface area contributed by atoms with Crippen LogP contribution in [0.1, 0.15) is 48.6 Å². The van der Waals surface area contributed by atoms with Gasteiger partial charge in [0.2, 0.25) is 5.91 Å². The van der Waals surface area contributed by atoms with Crippen molar-refractivity contribution in [3.8, 4) is 16.9 Å². The first-order chi connectivity index (χ1) is 17.5.